The maximum Gasteiger partial charge on any atom is 0.264 e. The molecule has 3 aromatic rings. The molecule has 0 heterocycles. The molecule has 0 aliphatic heterocycles. The molecule has 214 valence electrons. The zero-order valence-corrected chi connectivity index (χ0v) is 24.8. The van der Waals surface area contributed by atoms with Crippen LogP contribution in [0, 0.1) is 0 Å². The smallest absolute Gasteiger partial charge is 0.264 e. The Hall–Kier alpha value is -3.56. The molecule has 0 radical (unpaired) electrons. The van der Waals surface area contributed by atoms with E-state index in [0.717, 1.165) is 10.7 Å². The summed E-state index contributed by atoms with van der Waals surface area (Å²) in [7, 11) is -2.63. The van der Waals surface area contributed by atoms with E-state index in [1.54, 1.807) is 66.7 Å². The lowest BCUT2D eigenvalue weighted by Crippen LogP contribution is -2.53. The first kappa shape index (κ1) is 31.0. The number of amides is 2. The summed E-state index contributed by atoms with van der Waals surface area (Å²) in [5, 5.41) is 3.40. The Balaban J connectivity index is 2.06. The fourth-order valence-electron chi connectivity index (χ4n) is 4.17. The number of hydrogen-bond donors (Lipinski definition) is 1. The van der Waals surface area contributed by atoms with Crippen LogP contribution in [0.25, 0.3) is 0 Å². The number of nitrogens with zero attached hydrogens (tertiary/aromatic N) is 2. The van der Waals surface area contributed by atoms with Crippen LogP contribution in [-0.4, -0.2) is 50.9 Å². The predicted molar refractivity (Wildman–Crippen MR) is 158 cm³/mol. The fraction of sp³-hybridized carbons (Fsp3) is 0.333. The van der Waals surface area contributed by atoms with E-state index in [2.05, 4.69) is 5.32 Å². The Morgan fingerprint density at radius 3 is 2.12 bits per heavy atom. The van der Waals surface area contributed by atoms with Crippen LogP contribution in [0.15, 0.2) is 83.8 Å². The molecule has 0 spiro atoms. The quantitative estimate of drug-likeness (QED) is 0.295. The summed E-state index contributed by atoms with van der Waals surface area (Å²) in [6.45, 7) is 5.17. The third-order valence-corrected chi connectivity index (χ3v) is 8.81. The van der Waals surface area contributed by atoms with Crippen LogP contribution in [-0.2, 0) is 26.2 Å². The highest BCUT2D eigenvalue weighted by molar-refractivity contribution is 7.92. The van der Waals surface area contributed by atoms with Gasteiger partial charge in [-0.15, -0.1) is 0 Å². The average Bonchev–Trinajstić information content (AvgIpc) is 2.97. The Morgan fingerprint density at radius 2 is 1.55 bits per heavy atom. The third kappa shape index (κ3) is 7.55. The minimum absolute atomic E-state index is 0.0345. The van der Waals surface area contributed by atoms with Crippen LogP contribution >= 0.6 is 11.6 Å². The molecule has 10 heteroatoms. The largest absolute Gasteiger partial charge is 0.497 e. The van der Waals surface area contributed by atoms with Gasteiger partial charge in [-0.25, -0.2) is 8.42 Å². The lowest BCUT2D eigenvalue weighted by atomic mass is 10.1. The van der Waals surface area contributed by atoms with Gasteiger partial charge in [0.25, 0.3) is 10.0 Å². The second-order valence-corrected chi connectivity index (χ2v) is 11.6. The molecule has 8 nitrogen and oxygen atoms in total. The molecule has 0 unspecified atom stereocenters. The zero-order chi connectivity index (χ0) is 29.3. The van der Waals surface area contributed by atoms with Gasteiger partial charge in [0.1, 0.15) is 18.3 Å². The summed E-state index contributed by atoms with van der Waals surface area (Å²) in [4.78, 5) is 28.9. The first-order valence-corrected chi connectivity index (χ1v) is 15.0. The number of sulfonamides is 1. The minimum atomic E-state index is -4.14. The van der Waals surface area contributed by atoms with Crippen molar-refractivity contribution in [3.63, 3.8) is 0 Å². The van der Waals surface area contributed by atoms with E-state index in [1.807, 2.05) is 20.8 Å². The van der Waals surface area contributed by atoms with Crippen LogP contribution in [0.2, 0.25) is 5.02 Å². The summed E-state index contributed by atoms with van der Waals surface area (Å²) >= 11 is 6.43. The van der Waals surface area contributed by atoms with E-state index in [9.17, 15) is 18.0 Å². The van der Waals surface area contributed by atoms with E-state index >= 15 is 0 Å². The SMILES string of the molecule is CC[C@@H](C)NC(=O)[C@@H](CC)N(Cc1ccccc1Cl)C(=O)CN(c1ccc(OC)cc1)S(=O)(=O)c1ccccc1. The van der Waals surface area contributed by atoms with Gasteiger partial charge in [0.15, 0.2) is 0 Å². The number of carbonyl (C=O) groups excluding carboxylic acids is 2. The van der Waals surface area contributed by atoms with Crippen LogP contribution in [0.4, 0.5) is 5.69 Å². The number of methoxy groups -OCH3 is 1. The Morgan fingerprint density at radius 1 is 0.925 bits per heavy atom. The maximum atomic E-state index is 14.1. The summed E-state index contributed by atoms with van der Waals surface area (Å²) in [5.41, 5.74) is 0.932. The molecule has 0 aliphatic carbocycles. The molecule has 2 atom stereocenters. The fourth-order valence-corrected chi connectivity index (χ4v) is 5.80. The third-order valence-electron chi connectivity index (χ3n) is 6.66. The second kappa shape index (κ2) is 14.2. The molecule has 0 aromatic heterocycles. The van der Waals surface area contributed by atoms with Crippen molar-refractivity contribution in [2.75, 3.05) is 18.0 Å². The van der Waals surface area contributed by atoms with E-state index < -0.39 is 28.5 Å². The second-order valence-electron chi connectivity index (χ2n) is 9.38. The molecule has 2 amide bonds. The van der Waals surface area contributed by atoms with Crippen molar-refractivity contribution in [3.8, 4) is 5.75 Å². The Bertz CT molecular complexity index is 1380. The minimum Gasteiger partial charge on any atom is -0.497 e. The molecule has 0 saturated heterocycles. The Labute approximate surface area is 241 Å². The van der Waals surface area contributed by atoms with Crippen molar-refractivity contribution in [2.24, 2.45) is 0 Å². The average molecular weight is 586 g/mol. The highest BCUT2D eigenvalue weighted by Crippen LogP contribution is 2.27. The number of hydrogen-bond acceptors (Lipinski definition) is 5. The monoisotopic (exact) mass is 585 g/mol. The summed E-state index contributed by atoms with van der Waals surface area (Å²) in [5.74, 6) is -0.305. The number of benzene rings is 3. The molecule has 1 N–H and O–H groups in total. The molecule has 0 saturated carbocycles. The van der Waals surface area contributed by atoms with Gasteiger partial charge in [-0.3, -0.25) is 13.9 Å². The lowest BCUT2D eigenvalue weighted by molar-refractivity contribution is -0.140. The lowest BCUT2D eigenvalue weighted by Gasteiger charge is -2.34. The van der Waals surface area contributed by atoms with Crippen LogP contribution in [0.1, 0.15) is 39.2 Å². The van der Waals surface area contributed by atoms with Crippen molar-refractivity contribution < 1.29 is 22.7 Å². The number of rotatable bonds is 13. The predicted octanol–water partition coefficient (Wildman–Crippen LogP) is 5.27. The molecule has 40 heavy (non-hydrogen) atoms. The van der Waals surface area contributed by atoms with Crippen molar-refractivity contribution in [2.45, 2.75) is 57.1 Å². The molecule has 0 fully saturated rings. The van der Waals surface area contributed by atoms with E-state index in [-0.39, 0.29) is 29.1 Å². The van der Waals surface area contributed by atoms with Gasteiger partial charge < -0.3 is 15.0 Å². The summed E-state index contributed by atoms with van der Waals surface area (Å²) < 4.78 is 34.0. The van der Waals surface area contributed by atoms with Gasteiger partial charge in [0, 0.05) is 17.6 Å². The first-order chi connectivity index (χ1) is 19.1. The van der Waals surface area contributed by atoms with Crippen molar-refractivity contribution >= 4 is 39.1 Å². The van der Waals surface area contributed by atoms with Crippen molar-refractivity contribution in [1.29, 1.82) is 0 Å². The first-order valence-electron chi connectivity index (χ1n) is 13.2. The number of halogens is 1. The van der Waals surface area contributed by atoms with Crippen LogP contribution < -0.4 is 14.4 Å². The van der Waals surface area contributed by atoms with Crippen LogP contribution in [0.3, 0.4) is 0 Å². The van der Waals surface area contributed by atoms with Gasteiger partial charge in [-0.05, 0) is 67.8 Å². The van der Waals surface area contributed by atoms with Gasteiger partial charge in [-0.1, -0.05) is 61.8 Å². The Kier molecular flexibility index (Phi) is 11.0. The number of nitrogens with one attached hydrogen (secondary N) is 1. The molecule has 3 rings (SSSR count). The summed E-state index contributed by atoms with van der Waals surface area (Å²) in [6, 6.07) is 20.5. The maximum absolute atomic E-state index is 14.1. The van der Waals surface area contributed by atoms with Gasteiger partial charge in [0.2, 0.25) is 11.8 Å². The standard InChI is InChI=1S/C30H36ClN3O5S/c1-5-22(3)32-30(36)28(6-2)33(20-23-12-10-11-15-27(23)31)29(35)21-34(24-16-18-25(39-4)19-17-24)40(37,38)26-13-8-7-9-14-26/h7-19,22,28H,5-6,20-21H2,1-4H3,(H,32,36)/t22-,28-/m1/s1. The normalized spacial score (nSPS) is 12.7. The van der Waals surface area contributed by atoms with Crippen molar-refractivity contribution in [3.05, 3.63) is 89.4 Å². The molecule has 0 bridgehead atoms. The highest BCUT2D eigenvalue weighted by atomic mass is 35.5. The molecule has 3 aromatic carbocycles. The summed E-state index contributed by atoms with van der Waals surface area (Å²) in [6.07, 6.45) is 1.05. The van der Waals surface area contributed by atoms with E-state index in [4.69, 9.17) is 16.3 Å². The number of ether oxygens (including phenoxy) is 1. The topological polar surface area (TPSA) is 96.0 Å². The van der Waals surface area contributed by atoms with Gasteiger partial charge in [0.05, 0.1) is 17.7 Å². The van der Waals surface area contributed by atoms with Crippen molar-refractivity contribution in [1.82, 2.24) is 10.2 Å². The number of carbonyl (C=O) groups is 2. The molecule has 0 aliphatic rings. The molecular weight excluding hydrogens is 550 g/mol. The van der Waals surface area contributed by atoms with Crippen LogP contribution in [0.5, 0.6) is 5.75 Å². The van der Waals surface area contributed by atoms with Gasteiger partial charge in [-0.2, -0.15) is 0 Å². The number of anilines is 1. The van der Waals surface area contributed by atoms with E-state index in [0.29, 0.717) is 22.8 Å². The van der Waals surface area contributed by atoms with E-state index in [1.165, 1.54) is 24.1 Å². The van der Waals surface area contributed by atoms with Gasteiger partial charge >= 0.3 is 0 Å². The highest BCUT2D eigenvalue weighted by Gasteiger charge is 2.34. The zero-order valence-electron chi connectivity index (χ0n) is 23.2. The molecular formula is C30H36ClN3O5S.